The van der Waals surface area contributed by atoms with Crippen LogP contribution in [0.3, 0.4) is 0 Å². The first kappa shape index (κ1) is 19.3. The summed E-state index contributed by atoms with van der Waals surface area (Å²) in [6, 6.07) is 8.52. The second kappa shape index (κ2) is 8.97. The molecule has 0 unspecified atom stereocenters. The zero-order valence-electron chi connectivity index (χ0n) is 15.6. The summed E-state index contributed by atoms with van der Waals surface area (Å²) in [5.41, 5.74) is 2.71. The first-order valence-corrected chi connectivity index (χ1v) is 10.8. The molecule has 0 radical (unpaired) electrons. The van der Waals surface area contributed by atoms with Crippen molar-refractivity contribution in [2.24, 2.45) is 5.92 Å². The molecule has 1 aliphatic rings. The summed E-state index contributed by atoms with van der Waals surface area (Å²) in [6.45, 7) is 9.27. The third-order valence-corrected chi connectivity index (χ3v) is 6.51. The van der Waals surface area contributed by atoms with Gasteiger partial charge in [-0.15, -0.1) is 10.2 Å². The number of aryl methyl sites for hydroxylation is 1. The third kappa shape index (κ3) is 5.28. The Morgan fingerprint density at radius 2 is 2.04 bits per heavy atom. The van der Waals surface area contributed by atoms with Gasteiger partial charge in [0.2, 0.25) is 11.0 Å². The molecule has 3 rings (SSSR count). The van der Waals surface area contributed by atoms with Gasteiger partial charge in [0.05, 0.1) is 0 Å². The Hall–Kier alpha value is -1.44. The van der Waals surface area contributed by atoms with Crippen LogP contribution in [0.15, 0.2) is 28.6 Å². The number of thioether (sulfide) groups is 1. The molecule has 1 fully saturated rings. The molecule has 0 spiro atoms. The van der Waals surface area contributed by atoms with Gasteiger partial charge in [-0.25, -0.2) is 0 Å². The Labute approximate surface area is 163 Å². The number of hydrogen-bond donors (Lipinski definition) is 1. The van der Waals surface area contributed by atoms with Crippen LogP contribution in [0.25, 0.3) is 0 Å². The lowest BCUT2D eigenvalue weighted by molar-refractivity contribution is -0.121. The summed E-state index contributed by atoms with van der Waals surface area (Å²) in [6.07, 6.45) is 1.79. The van der Waals surface area contributed by atoms with E-state index in [0.717, 1.165) is 36.8 Å². The molecule has 0 atom stereocenters. The number of anilines is 1. The minimum absolute atomic E-state index is 0.0632. The number of amides is 1. The molecular formula is C19H26N4OS2. The van der Waals surface area contributed by atoms with Gasteiger partial charge < -0.3 is 5.32 Å². The molecule has 1 aromatic carbocycles. The Morgan fingerprint density at radius 3 is 2.73 bits per heavy atom. The van der Waals surface area contributed by atoms with E-state index in [0.29, 0.717) is 10.4 Å². The highest BCUT2D eigenvalue weighted by Gasteiger charge is 2.26. The molecule has 0 bridgehead atoms. The normalized spacial score (nSPS) is 16.2. The molecule has 1 aliphatic heterocycles. The predicted molar refractivity (Wildman–Crippen MR) is 109 cm³/mol. The minimum atomic E-state index is 0.0632. The second-order valence-electron chi connectivity index (χ2n) is 7.01. The van der Waals surface area contributed by atoms with Crippen LogP contribution in [0.2, 0.25) is 0 Å². The number of carbonyl (C=O) groups is 1. The maximum absolute atomic E-state index is 12.5. The van der Waals surface area contributed by atoms with Crippen molar-refractivity contribution >= 4 is 34.1 Å². The summed E-state index contributed by atoms with van der Waals surface area (Å²) in [7, 11) is 0. The lowest BCUT2D eigenvalue weighted by Gasteiger charge is -2.31. The van der Waals surface area contributed by atoms with E-state index in [4.69, 9.17) is 0 Å². The average Bonchev–Trinajstić information content (AvgIpc) is 3.03. The van der Waals surface area contributed by atoms with Gasteiger partial charge in [0.15, 0.2) is 4.34 Å². The van der Waals surface area contributed by atoms with E-state index in [-0.39, 0.29) is 11.8 Å². The summed E-state index contributed by atoms with van der Waals surface area (Å²) < 4.78 is 0.906. The molecule has 1 N–H and O–H groups in total. The fraction of sp³-hybridized carbons (Fsp3) is 0.526. The van der Waals surface area contributed by atoms with E-state index in [9.17, 15) is 4.79 Å². The van der Waals surface area contributed by atoms with Crippen LogP contribution < -0.4 is 5.32 Å². The fourth-order valence-electron chi connectivity index (χ4n) is 3.10. The molecule has 0 saturated carbocycles. The van der Waals surface area contributed by atoms with E-state index in [1.54, 1.807) is 11.8 Å². The largest absolute Gasteiger partial charge is 0.300 e. The van der Waals surface area contributed by atoms with Gasteiger partial charge in [-0.3, -0.25) is 9.69 Å². The van der Waals surface area contributed by atoms with Crippen molar-refractivity contribution in [2.75, 3.05) is 18.4 Å². The zero-order valence-corrected chi connectivity index (χ0v) is 17.2. The lowest BCUT2D eigenvalue weighted by Crippen LogP contribution is -2.37. The highest BCUT2D eigenvalue weighted by molar-refractivity contribution is 8.01. The maximum Gasteiger partial charge on any atom is 0.229 e. The van der Waals surface area contributed by atoms with Gasteiger partial charge in [0.25, 0.3) is 0 Å². The van der Waals surface area contributed by atoms with Crippen molar-refractivity contribution in [3.8, 4) is 0 Å². The second-order valence-corrected chi connectivity index (χ2v) is 9.81. The number of hydrogen-bond acceptors (Lipinski definition) is 6. The summed E-state index contributed by atoms with van der Waals surface area (Å²) in [5.74, 6) is 0.144. The summed E-state index contributed by atoms with van der Waals surface area (Å²) in [4.78, 5) is 15.0. The molecule has 140 valence electrons. The number of carbonyl (C=O) groups excluding carboxylic acids is 1. The summed E-state index contributed by atoms with van der Waals surface area (Å²) >= 11 is 3.13. The lowest BCUT2D eigenvalue weighted by atomic mass is 9.95. The molecule has 1 amide bonds. The number of nitrogens with one attached hydrogen (secondary N) is 1. The van der Waals surface area contributed by atoms with Gasteiger partial charge in [-0.1, -0.05) is 61.2 Å². The van der Waals surface area contributed by atoms with Gasteiger partial charge in [-0.2, -0.15) is 0 Å². The van der Waals surface area contributed by atoms with Crippen molar-refractivity contribution in [1.82, 2.24) is 15.1 Å². The number of nitrogens with zero attached hydrogens (tertiary/aromatic N) is 3. The highest BCUT2D eigenvalue weighted by atomic mass is 32.2. The van der Waals surface area contributed by atoms with Crippen LogP contribution in [0.5, 0.6) is 0 Å². The molecule has 0 aliphatic carbocycles. The molecule has 2 aromatic rings. The van der Waals surface area contributed by atoms with Gasteiger partial charge in [0.1, 0.15) is 0 Å². The smallest absolute Gasteiger partial charge is 0.229 e. The summed E-state index contributed by atoms with van der Waals surface area (Å²) in [5, 5.41) is 12.2. The number of benzene rings is 1. The van der Waals surface area contributed by atoms with E-state index in [1.807, 2.05) is 0 Å². The van der Waals surface area contributed by atoms with Crippen molar-refractivity contribution in [3.05, 3.63) is 35.4 Å². The fourth-order valence-corrected chi connectivity index (χ4v) is 5.08. The van der Waals surface area contributed by atoms with Crippen LogP contribution in [0.1, 0.15) is 37.8 Å². The number of likely N-dealkylation sites (tertiary alicyclic amines) is 1. The SMILES string of the molecule is Cc1ccccc1CN1CCC(C(=O)Nc2nnc(SC(C)C)s2)CC1. The van der Waals surface area contributed by atoms with Crippen molar-refractivity contribution in [3.63, 3.8) is 0 Å². The first-order valence-electron chi connectivity index (χ1n) is 9.09. The van der Waals surface area contributed by atoms with Crippen LogP contribution in [0.4, 0.5) is 5.13 Å². The standard InChI is InChI=1S/C19H26N4OS2/c1-13(2)25-19-22-21-18(26-19)20-17(24)15-8-10-23(11-9-15)12-16-7-5-4-6-14(16)3/h4-7,13,15H,8-12H2,1-3H3,(H,20,21,24). The van der Waals surface area contributed by atoms with Gasteiger partial charge in [0, 0.05) is 17.7 Å². The van der Waals surface area contributed by atoms with Crippen molar-refractivity contribution < 1.29 is 4.79 Å². The van der Waals surface area contributed by atoms with Crippen LogP contribution in [-0.4, -0.2) is 39.3 Å². The third-order valence-electron chi connectivity index (χ3n) is 4.59. The Morgan fingerprint density at radius 1 is 1.31 bits per heavy atom. The quantitative estimate of drug-likeness (QED) is 0.592. The van der Waals surface area contributed by atoms with E-state index < -0.39 is 0 Å². The molecule has 1 aromatic heterocycles. The predicted octanol–water partition coefficient (Wildman–Crippen LogP) is 4.20. The molecule has 26 heavy (non-hydrogen) atoms. The first-order chi connectivity index (χ1) is 12.5. The van der Waals surface area contributed by atoms with Crippen LogP contribution in [-0.2, 0) is 11.3 Å². The Kier molecular flexibility index (Phi) is 6.67. The molecule has 2 heterocycles. The topological polar surface area (TPSA) is 58.1 Å². The monoisotopic (exact) mass is 390 g/mol. The highest BCUT2D eigenvalue weighted by Crippen LogP contribution is 2.29. The zero-order chi connectivity index (χ0) is 18.5. The number of piperidine rings is 1. The van der Waals surface area contributed by atoms with Crippen LogP contribution in [0, 0.1) is 12.8 Å². The molecular weight excluding hydrogens is 364 g/mol. The Balaban J connectivity index is 1.47. The van der Waals surface area contributed by atoms with Crippen LogP contribution >= 0.6 is 23.1 Å². The average molecular weight is 391 g/mol. The van der Waals surface area contributed by atoms with Crippen molar-refractivity contribution in [1.29, 1.82) is 0 Å². The van der Waals surface area contributed by atoms with E-state index >= 15 is 0 Å². The number of aromatic nitrogens is 2. The van der Waals surface area contributed by atoms with E-state index in [2.05, 4.69) is 65.5 Å². The van der Waals surface area contributed by atoms with Gasteiger partial charge >= 0.3 is 0 Å². The van der Waals surface area contributed by atoms with Gasteiger partial charge in [-0.05, 0) is 44.0 Å². The maximum atomic E-state index is 12.5. The molecule has 5 nitrogen and oxygen atoms in total. The molecule has 7 heteroatoms. The van der Waals surface area contributed by atoms with E-state index in [1.165, 1.54) is 22.5 Å². The minimum Gasteiger partial charge on any atom is -0.300 e. The number of rotatable bonds is 6. The Bertz CT molecular complexity index is 739. The van der Waals surface area contributed by atoms with Crippen molar-refractivity contribution in [2.45, 2.75) is 49.7 Å². The molecule has 1 saturated heterocycles.